The zero-order valence-corrected chi connectivity index (χ0v) is 13.8. The van der Waals surface area contributed by atoms with Crippen LogP contribution in [0.2, 0.25) is 5.02 Å². The molecule has 0 aromatic heterocycles. The van der Waals surface area contributed by atoms with Gasteiger partial charge in [-0.15, -0.1) is 0 Å². The molecule has 0 aliphatic heterocycles. The number of benzene rings is 2. The molecule has 2 rings (SSSR count). The maximum Gasteiger partial charge on any atom is 0.304 e. The Hall–Kier alpha value is -2.93. The highest BCUT2D eigenvalue weighted by Crippen LogP contribution is 2.20. The minimum Gasteiger partial charge on any atom is -0.481 e. The highest BCUT2D eigenvalue weighted by molar-refractivity contribution is 6.30. The normalized spacial score (nSPS) is 11.6. The second-order valence-electron chi connectivity index (χ2n) is 5.42. The molecule has 130 valence electrons. The van der Waals surface area contributed by atoms with E-state index in [1.807, 2.05) is 0 Å². The number of hydrogen-bond donors (Lipinski definition) is 2. The molecule has 0 aliphatic rings. The summed E-state index contributed by atoms with van der Waals surface area (Å²) in [4.78, 5) is 33.6. The minimum absolute atomic E-state index is 0.0961. The number of nitro groups is 1. The molecule has 7 nitrogen and oxygen atoms in total. The third-order valence-electron chi connectivity index (χ3n) is 3.53. The molecule has 2 aromatic carbocycles. The van der Waals surface area contributed by atoms with Crippen molar-refractivity contribution in [2.45, 2.75) is 12.8 Å². The van der Waals surface area contributed by atoms with Gasteiger partial charge in [-0.2, -0.15) is 0 Å². The van der Waals surface area contributed by atoms with E-state index in [1.54, 1.807) is 24.3 Å². The molecule has 1 atom stereocenters. The van der Waals surface area contributed by atoms with Gasteiger partial charge in [0.15, 0.2) is 0 Å². The van der Waals surface area contributed by atoms with Crippen LogP contribution in [-0.2, 0) is 16.0 Å². The first-order valence-corrected chi connectivity index (χ1v) is 7.74. The summed E-state index contributed by atoms with van der Waals surface area (Å²) in [6, 6.07) is 12.1. The van der Waals surface area contributed by atoms with Gasteiger partial charge >= 0.3 is 5.97 Å². The first-order chi connectivity index (χ1) is 11.8. The predicted molar refractivity (Wildman–Crippen MR) is 92.6 cm³/mol. The van der Waals surface area contributed by atoms with Crippen molar-refractivity contribution in [3.05, 3.63) is 69.2 Å². The number of nitrogens with one attached hydrogen (secondary N) is 1. The van der Waals surface area contributed by atoms with Gasteiger partial charge in [-0.3, -0.25) is 19.7 Å². The van der Waals surface area contributed by atoms with Crippen molar-refractivity contribution in [1.29, 1.82) is 0 Å². The number of carbonyl (C=O) groups is 2. The predicted octanol–water partition coefficient (Wildman–Crippen LogP) is 3.52. The maximum absolute atomic E-state index is 12.4. The highest BCUT2D eigenvalue weighted by atomic mass is 35.5. The van der Waals surface area contributed by atoms with E-state index in [1.165, 1.54) is 24.3 Å². The second kappa shape index (κ2) is 8.25. The van der Waals surface area contributed by atoms with E-state index in [0.29, 0.717) is 10.7 Å². The Kier molecular flexibility index (Phi) is 6.08. The van der Waals surface area contributed by atoms with Crippen molar-refractivity contribution >= 4 is 34.9 Å². The monoisotopic (exact) mass is 362 g/mol. The van der Waals surface area contributed by atoms with Crippen LogP contribution in [0.15, 0.2) is 48.5 Å². The number of non-ortho nitro benzene ring substituents is 1. The molecular weight excluding hydrogens is 348 g/mol. The minimum atomic E-state index is -1.09. The number of carbonyl (C=O) groups excluding carboxylic acids is 1. The molecule has 25 heavy (non-hydrogen) atoms. The van der Waals surface area contributed by atoms with Gasteiger partial charge in [0, 0.05) is 22.8 Å². The van der Waals surface area contributed by atoms with Crippen LogP contribution in [0, 0.1) is 16.0 Å². The van der Waals surface area contributed by atoms with Crippen molar-refractivity contribution < 1.29 is 19.6 Å². The Bertz CT molecular complexity index is 775. The van der Waals surface area contributed by atoms with Crippen LogP contribution in [0.3, 0.4) is 0 Å². The molecule has 0 aliphatic carbocycles. The van der Waals surface area contributed by atoms with Crippen molar-refractivity contribution in [2.75, 3.05) is 5.32 Å². The molecule has 1 unspecified atom stereocenters. The number of aliphatic carboxylic acids is 1. The van der Waals surface area contributed by atoms with Crippen LogP contribution in [-0.4, -0.2) is 21.9 Å². The summed E-state index contributed by atoms with van der Waals surface area (Å²) in [5, 5.41) is 22.8. The van der Waals surface area contributed by atoms with Crippen LogP contribution in [0.4, 0.5) is 11.4 Å². The quantitative estimate of drug-likeness (QED) is 0.578. The van der Waals surface area contributed by atoms with Crippen LogP contribution < -0.4 is 5.32 Å². The molecule has 0 fully saturated rings. The average Bonchev–Trinajstić information content (AvgIpc) is 2.56. The van der Waals surface area contributed by atoms with Gasteiger partial charge in [0.1, 0.15) is 0 Å². The number of amides is 1. The zero-order valence-electron chi connectivity index (χ0n) is 13.0. The number of hydrogen-bond acceptors (Lipinski definition) is 4. The molecule has 2 N–H and O–H groups in total. The highest BCUT2D eigenvalue weighted by Gasteiger charge is 2.22. The second-order valence-corrected chi connectivity index (χ2v) is 5.86. The van der Waals surface area contributed by atoms with Crippen molar-refractivity contribution in [1.82, 2.24) is 0 Å². The van der Waals surface area contributed by atoms with E-state index in [4.69, 9.17) is 16.7 Å². The third-order valence-corrected chi connectivity index (χ3v) is 3.78. The van der Waals surface area contributed by atoms with E-state index in [2.05, 4.69) is 5.32 Å². The summed E-state index contributed by atoms with van der Waals surface area (Å²) in [6.07, 6.45) is -0.0935. The Labute approximate surface area is 148 Å². The number of carboxylic acids is 1. The molecule has 0 radical (unpaired) electrons. The number of rotatable bonds is 7. The summed E-state index contributed by atoms with van der Waals surface area (Å²) >= 11 is 5.82. The lowest BCUT2D eigenvalue weighted by atomic mass is 9.95. The number of halogens is 1. The largest absolute Gasteiger partial charge is 0.481 e. The van der Waals surface area contributed by atoms with Gasteiger partial charge in [-0.05, 0) is 36.2 Å². The fourth-order valence-corrected chi connectivity index (χ4v) is 2.41. The summed E-state index contributed by atoms with van der Waals surface area (Å²) < 4.78 is 0. The van der Waals surface area contributed by atoms with E-state index < -0.39 is 22.7 Å². The van der Waals surface area contributed by atoms with Gasteiger partial charge in [0.05, 0.1) is 17.3 Å². The Morgan fingerprint density at radius 3 is 2.24 bits per heavy atom. The van der Waals surface area contributed by atoms with Gasteiger partial charge in [-0.1, -0.05) is 23.7 Å². The molecule has 0 heterocycles. The number of anilines is 1. The first-order valence-electron chi connectivity index (χ1n) is 7.36. The molecule has 0 saturated carbocycles. The van der Waals surface area contributed by atoms with E-state index in [0.717, 1.165) is 5.56 Å². The number of nitrogens with zero attached hydrogens (tertiary/aromatic N) is 1. The van der Waals surface area contributed by atoms with Crippen molar-refractivity contribution in [3.63, 3.8) is 0 Å². The van der Waals surface area contributed by atoms with E-state index in [9.17, 15) is 19.7 Å². The SMILES string of the molecule is O=C(O)CC(Cc1ccc(Cl)cc1)C(=O)Nc1ccc([N+](=O)[O-])cc1. The van der Waals surface area contributed by atoms with Crippen molar-refractivity contribution in [2.24, 2.45) is 5.92 Å². The van der Waals surface area contributed by atoms with Crippen LogP contribution in [0.25, 0.3) is 0 Å². The average molecular weight is 363 g/mol. The molecule has 8 heteroatoms. The van der Waals surface area contributed by atoms with Gasteiger partial charge in [0.2, 0.25) is 5.91 Å². The number of carboxylic acid groups (broad SMARTS) is 1. The standard InChI is InChI=1S/C17H15ClN2O5/c18-13-3-1-11(2-4-13)9-12(10-16(21)22)17(23)19-14-5-7-15(8-6-14)20(24)25/h1-8,12H,9-10H2,(H,19,23)(H,21,22). The van der Waals surface area contributed by atoms with E-state index >= 15 is 0 Å². The zero-order chi connectivity index (χ0) is 18.4. The molecule has 0 bridgehead atoms. The smallest absolute Gasteiger partial charge is 0.304 e. The van der Waals surface area contributed by atoms with Crippen LogP contribution >= 0.6 is 11.6 Å². The summed E-state index contributed by atoms with van der Waals surface area (Å²) in [7, 11) is 0. The molecule has 0 spiro atoms. The fourth-order valence-electron chi connectivity index (χ4n) is 2.28. The first kappa shape index (κ1) is 18.4. The lowest BCUT2D eigenvalue weighted by molar-refractivity contribution is -0.384. The van der Waals surface area contributed by atoms with E-state index in [-0.39, 0.29) is 18.5 Å². The molecule has 0 saturated heterocycles. The summed E-state index contributed by atoms with van der Waals surface area (Å²) in [5.74, 6) is -2.34. The fraction of sp³-hybridized carbons (Fsp3) is 0.176. The summed E-state index contributed by atoms with van der Waals surface area (Å²) in [6.45, 7) is 0. The van der Waals surface area contributed by atoms with Gasteiger partial charge < -0.3 is 10.4 Å². The van der Waals surface area contributed by atoms with Gasteiger partial charge in [-0.25, -0.2) is 0 Å². The third kappa shape index (κ3) is 5.58. The molecule has 2 aromatic rings. The lowest BCUT2D eigenvalue weighted by Crippen LogP contribution is -2.27. The Morgan fingerprint density at radius 2 is 1.72 bits per heavy atom. The van der Waals surface area contributed by atoms with Crippen LogP contribution in [0.1, 0.15) is 12.0 Å². The van der Waals surface area contributed by atoms with Gasteiger partial charge in [0.25, 0.3) is 5.69 Å². The summed E-state index contributed by atoms with van der Waals surface area (Å²) in [5.41, 5.74) is 1.05. The Balaban J connectivity index is 2.10. The topological polar surface area (TPSA) is 110 Å². The molecular formula is C17H15ClN2O5. The lowest BCUT2D eigenvalue weighted by Gasteiger charge is -2.15. The number of nitro benzene ring substituents is 1. The maximum atomic E-state index is 12.4. The Morgan fingerprint density at radius 1 is 1.12 bits per heavy atom. The molecule has 1 amide bonds. The van der Waals surface area contributed by atoms with Crippen molar-refractivity contribution in [3.8, 4) is 0 Å². The van der Waals surface area contributed by atoms with Crippen LogP contribution in [0.5, 0.6) is 0 Å².